The molecule has 0 aromatic heterocycles. The van der Waals surface area contributed by atoms with E-state index in [0.717, 1.165) is 44.0 Å². The predicted molar refractivity (Wildman–Crippen MR) is 119 cm³/mol. The van der Waals surface area contributed by atoms with Crippen molar-refractivity contribution in [1.82, 2.24) is 5.32 Å². The second kappa shape index (κ2) is 8.66. The number of benzene rings is 2. The number of hydrogen-bond acceptors (Lipinski definition) is 5. The lowest BCUT2D eigenvalue weighted by Gasteiger charge is -2.39. The Balaban J connectivity index is 1.57. The van der Waals surface area contributed by atoms with Crippen LogP contribution in [0.4, 0.5) is 11.4 Å². The molecule has 30 heavy (non-hydrogen) atoms. The quantitative estimate of drug-likeness (QED) is 0.708. The molecule has 2 aliphatic rings. The molecule has 2 aromatic carbocycles. The molecule has 2 heterocycles. The fourth-order valence-electron chi connectivity index (χ4n) is 4.46. The summed E-state index contributed by atoms with van der Waals surface area (Å²) in [6, 6.07) is 14.8. The average molecular weight is 410 g/mol. The molecule has 0 saturated carbocycles. The fourth-order valence-corrected chi connectivity index (χ4v) is 4.46. The molecule has 0 spiro atoms. The Labute approximate surface area is 178 Å². The molecule has 1 fully saturated rings. The highest BCUT2D eigenvalue weighted by Gasteiger charge is 2.34. The van der Waals surface area contributed by atoms with Gasteiger partial charge in [0.05, 0.1) is 25.9 Å². The molecule has 6 nitrogen and oxygen atoms in total. The third-order valence-corrected chi connectivity index (χ3v) is 6.10. The number of hydrogen-bond donors (Lipinski definition) is 3. The Kier molecular flexibility index (Phi) is 5.97. The van der Waals surface area contributed by atoms with Crippen LogP contribution in [0.2, 0.25) is 0 Å². The number of anilines is 2. The summed E-state index contributed by atoms with van der Waals surface area (Å²) in [6.45, 7) is 8.09. The molecule has 1 atom stereocenters. The van der Waals surface area contributed by atoms with Gasteiger partial charge in [-0.2, -0.15) is 0 Å². The van der Waals surface area contributed by atoms with Crippen molar-refractivity contribution in [2.45, 2.75) is 31.7 Å². The van der Waals surface area contributed by atoms with Crippen LogP contribution in [0.5, 0.6) is 0 Å². The van der Waals surface area contributed by atoms with Crippen LogP contribution in [0.25, 0.3) is 0 Å². The highest BCUT2D eigenvalue weighted by Crippen LogP contribution is 2.44. The zero-order valence-corrected chi connectivity index (χ0v) is 17.8. The standard InChI is InChI=1S/C24H31N3O3/c1-24(2)16-22(17-4-3-5-19(14-17)27-9-12-30-13-10-27)26-21-7-6-18(15-20(21)24)23(29)25-8-11-28/h3-7,14-15,22,26,28H,8-13,16H2,1-2H3,(H,25,29). The van der Waals surface area contributed by atoms with E-state index in [2.05, 4.69) is 53.6 Å². The Bertz CT molecular complexity index is 906. The van der Waals surface area contributed by atoms with Crippen LogP contribution in [-0.2, 0) is 10.2 Å². The number of fused-ring (bicyclic) bond motifs is 1. The topological polar surface area (TPSA) is 73.8 Å². The van der Waals surface area contributed by atoms with Crippen LogP contribution < -0.4 is 15.5 Å². The third kappa shape index (κ3) is 4.30. The second-order valence-electron chi connectivity index (χ2n) is 8.72. The van der Waals surface area contributed by atoms with Gasteiger partial charge in [0.1, 0.15) is 0 Å². The molecule has 4 rings (SSSR count). The zero-order chi connectivity index (χ0) is 21.1. The van der Waals surface area contributed by atoms with Crippen LogP contribution in [0.15, 0.2) is 42.5 Å². The number of amides is 1. The number of morpholine rings is 1. The van der Waals surface area contributed by atoms with Gasteiger partial charge in [-0.25, -0.2) is 0 Å². The minimum atomic E-state index is -0.150. The van der Waals surface area contributed by atoms with Crippen molar-refractivity contribution >= 4 is 17.3 Å². The zero-order valence-electron chi connectivity index (χ0n) is 17.8. The van der Waals surface area contributed by atoms with E-state index in [1.165, 1.54) is 11.3 Å². The minimum absolute atomic E-state index is 0.0606. The number of carbonyl (C=O) groups is 1. The second-order valence-corrected chi connectivity index (χ2v) is 8.72. The van der Waals surface area contributed by atoms with Gasteiger partial charge < -0.3 is 25.4 Å². The van der Waals surface area contributed by atoms with Gasteiger partial charge in [-0.15, -0.1) is 0 Å². The van der Waals surface area contributed by atoms with Gasteiger partial charge in [0, 0.05) is 36.6 Å². The highest BCUT2D eigenvalue weighted by atomic mass is 16.5. The summed E-state index contributed by atoms with van der Waals surface area (Å²) in [5, 5.41) is 15.4. The van der Waals surface area contributed by atoms with Gasteiger partial charge in [-0.3, -0.25) is 4.79 Å². The van der Waals surface area contributed by atoms with E-state index in [1.807, 2.05) is 18.2 Å². The fraction of sp³-hybridized carbons (Fsp3) is 0.458. The minimum Gasteiger partial charge on any atom is -0.395 e. The van der Waals surface area contributed by atoms with Crippen molar-refractivity contribution in [3.8, 4) is 0 Å². The van der Waals surface area contributed by atoms with E-state index >= 15 is 0 Å². The molecule has 1 amide bonds. The van der Waals surface area contributed by atoms with Crippen LogP contribution in [0.3, 0.4) is 0 Å². The van der Waals surface area contributed by atoms with E-state index in [0.29, 0.717) is 5.56 Å². The largest absolute Gasteiger partial charge is 0.395 e. The molecule has 0 aliphatic carbocycles. The van der Waals surface area contributed by atoms with Crippen LogP contribution in [0.1, 0.15) is 47.8 Å². The van der Waals surface area contributed by atoms with Gasteiger partial charge in [-0.05, 0) is 53.3 Å². The molecule has 1 saturated heterocycles. The van der Waals surface area contributed by atoms with Gasteiger partial charge in [0.25, 0.3) is 5.91 Å². The number of aliphatic hydroxyl groups excluding tert-OH is 1. The van der Waals surface area contributed by atoms with Crippen molar-refractivity contribution in [3.05, 3.63) is 59.2 Å². The Morgan fingerprint density at radius 2 is 2.03 bits per heavy atom. The molecule has 2 aliphatic heterocycles. The van der Waals surface area contributed by atoms with Crippen LogP contribution in [-0.4, -0.2) is 50.5 Å². The summed E-state index contributed by atoms with van der Waals surface area (Å²) in [5.74, 6) is -0.150. The van der Waals surface area contributed by atoms with Crippen molar-refractivity contribution < 1.29 is 14.6 Å². The summed E-state index contributed by atoms with van der Waals surface area (Å²) in [5.41, 5.74) is 5.31. The van der Waals surface area contributed by atoms with Crippen molar-refractivity contribution in [3.63, 3.8) is 0 Å². The molecular weight excluding hydrogens is 378 g/mol. The number of nitrogens with one attached hydrogen (secondary N) is 2. The Morgan fingerprint density at radius 1 is 1.23 bits per heavy atom. The van der Waals surface area contributed by atoms with Gasteiger partial charge >= 0.3 is 0 Å². The maximum absolute atomic E-state index is 12.3. The lowest BCUT2D eigenvalue weighted by Crippen LogP contribution is -2.36. The lowest BCUT2D eigenvalue weighted by molar-refractivity contribution is 0.0944. The Morgan fingerprint density at radius 3 is 2.80 bits per heavy atom. The third-order valence-electron chi connectivity index (χ3n) is 6.10. The first-order valence-corrected chi connectivity index (χ1v) is 10.7. The number of aliphatic hydroxyl groups is 1. The maximum atomic E-state index is 12.3. The van der Waals surface area contributed by atoms with Gasteiger partial charge in [0.15, 0.2) is 0 Å². The van der Waals surface area contributed by atoms with Gasteiger partial charge in [0.2, 0.25) is 0 Å². The first-order chi connectivity index (χ1) is 14.5. The monoisotopic (exact) mass is 409 g/mol. The summed E-state index contributed by atoms with van der Waals surface area (Å²) in [6.07, 6.45) is 0.939. The molecule has 6 heteroatoms. The molecule has 0 radical (unpaired) electrons. The molecule has 160 valence electrons. The van der Waals surface area contributed by atoms with E-state index in [4.69, 9.17) is 9.84 Å². The van der Waals surface area contributed by atoms with Crippen molar-refractivity contribution in [2.24, 2.45) is 0 Å². The maximum Gasteiger partial charge on any atom is 0.251 e. The summed E-state index contributed by atoms with van der Waals surface area (Å²) < 4.78 is 5.49. The molecule has 2 aromatic rings. The van der Waals surface area contributed by atoms with E-state index in [-0.39, 0.29) is 30.5 Å². The molecule has 1 unspecified atom stereocenters. The predicted octanol–water partition coefficient (Wildman–Crippen LogP) is 3.08. The summed E-state index contributed by atoms with van der Waals surface area (Å²) in [4.78, 5) is 14.7. The van der Waals surface area contributed by atoms with E-state index < -0.39 is 0 Å². The number of carbonyl (C=O) groups excluding carboxylic acids is 1. The number of rotatable bonds is 5. The van der Waals surface area contributed by atoms with Crippen molar-refractivity contribution in [1.29, 1.82) is 0 Å². The first kappa shape index (κ1) is 20.7. The normalized spacial score (nSPS) is 20.2. The van der Waals surface area contributed by atoms with E-state index in [1.54, 1.807) is 0 Å². The number of nitrogens with zero attached hydrogens (tertiary/aromatic N) is 1. The average Bonchev–Trinajstić information content (AvgIpc) is 2.77. The highest BCUT2D eigenvalue weighted by molar-refractivity contribution is 5.95. The summed E-state index contributed by atoms with van der Waals surface area (Å²) >= 11 is 0. The molecule has 3 N–H and O–H groups in total. The van der Waals surface area contributed by atoms with Gasteiger partial charge in [-0.1, -0.05) is 26.0 Å². The molecular formula is C24H31N3O3. The first-order valence-electron chi connectivity index (χ1n) is 10.7. The summed E-state index contributed by atoms with van der Waals surface area (Å²) in [7, 11) is 0. The van der Waals surface area contributed by atoms with Crippen molar-refractivity contribution in [2.75, 3.05) is 49.7 Å². The molecule has 0 bridgehead atoms. The Hall–Kier alpha value is -2.57. The SMILES string of the molecule is CC1(C)CC(c2cccc(N3CCOCC3)c2)Nc2ccc(C(=O)NCCO)cc21. The smallest absolute Gasteiger partial charge is 0.251 e. The van der Waals surface area contributed by atoms with Crippen LogP contribution in [0, 0.1) is 0 Å². The number of ether oxygens (including phenoxy) is 1. The van der Waals surface area contributed by atoms with Crippen LogP contribution >= 0.6 is 0 Å². The van der Waals surface area contributed by atoms with E-state index in [9.17, 15) is 4.79 Å². The lowest BCUT2D eigenvalue weighted by atomic mass is 9.73.